The SMILES string of the molecule is NC(=O)N1CCC(NC2COc3ccccc32)CC1. The topological polar surface area (TPSA) is 67.6 Å². The third-order valence-corrected chi connectivity index (χ3v) is 3.94. The Bertz CT molecular complexity index is 470. The third kappa shape index (κ3) is 2.51. The highest BCUT2D eigenvalue weighted by atomic mass is 16.5. The van der Waals surface area contributed by atoms with Crippen LogP contribution in [-0.4, -0.2) is 36.7 Å². The van der Waals surface area contributed by atoms with Crippen LogP contribution in [0.25, 0.3) is 0 Å². The molecular formula is C14H19N3O2. The molecule has 2 aliphatic rings. The van der Waals surface area contributed by atoms with Gasteiger partial charge >= 0.3 is 6.03 Å². The summed E-state index contributed by atoms with van der Waals surface area (Å²) in [6.45, 7) is 2.17. The molecule has 1 saturated heterocycles. The van der Waals surface area contributed by atoms with Crippen LogP contribution in [0.4, 0.5) is 4.79 Å². The van der Waals surface area contributed by atoms with Gasteiger partial charge in [0.2, 0.25) is 0 Å². The minimum Gasteiger partial charge on any atom is -0.491 e. The first-order valence-corrected chi connectivity index (χ1v) is 6.76. The number of nitrogens with one attached hydrogen (secondary N) is 1. The summed E-state index contributed by atoms with van der Waals surface area (Å²) in [6, 6.07) is 8.53. The fraction of sp³-hybridized carbons (Fsp3) is 0.500. The van der Waals surface area contributed by atoms with E-state index in [0.29, 0.717) is 12.6 Å². The first-order chi connectivity index (χ1) is 9.24. The predicted molar refractivity (Wildman–Crippen MR) is 72.0 cm³/mol. The maximum atomic E-state index is 11.1. The lowest BCUT2D eigenvalue weighted by Crippen LogP contribution is -2.47. The van der Waals surface area contributed by atoms with Crippen LogP contribution in [0.2, 0.25) is 0 Å². The van der Waals surface area contributed by atoms with Gasteiger partial charge in [0, 0.05) is 24.7 Å². The van der Waals surface area contributed by atoms with Crippen LogP contribution < -0.4 is 15.8 Å². The molecule has 19 heavy (non-hydrogen) atoms. The number of fused-ring (bicyclic) bond motifs is 1. The average molecular weight is 261 g/mol. The lowest BCUT2D eigenvalue weighted by atomic mass is 10.0. The Hall–Kier alpha value is -1.75. The van der Waals surface area contributed by atoms with Crippen LogP contribution in [0.15, 0.2) is 24.3 Å². The Morgan fingerprint density at radius 3 is 2.79 bits per heavy atom. The molecule has 2 aliphatic heterocycles. The fourth-order valence-electron chi connectivity index (χ4n) is 2.85. The molecule has 3 rings (SSSR count). The summed E-state index contributed by atoms with van der Waals surface area (Å²) in [6.07, 6.45) is 1.89. The lowest BCUT2D eigenvalue weighted by molar-refractivity contribution is 0.179. The molecule has 2 amide bonds. The summed E-state index contributed by atoms with van der Waals surface area (Å²) in [5, 5.41) is 3.63. The predicted octanol–water partition coefficient (Wildman–Crippen LogP) is 1.25. The van der Waals surface area contributed by atoms with Crippen LogP contribution in [0.5, 0.6) is 5.75 Å². The summed E-state index contributed by atoms with van der Waals surface area (Å²) in [5.74, 6) is 0.981. The van der Waals surface area contributed by atoms with Gasteiger partial charge in [0.05, 0.1) is 6.04 Å². The fourth-order valence-corrected chi connectivity index (χ4v) is 2.85. The van der Waals surface area contributed by atoms with Gasteiger partial charge in [0.1, 0.15) is 12.4 Å². The maximum absolute atomic E-state index is 11.1. The number of hydrogen-bond donors (Lipinski definition) is 2. The van der Waals surface area contributed by atoms with Gasteiger partial charge in [-0.25, -0.2) is 4.79 Å². The van der Waals surface area contributed by atoms with Crippen molar-refractivity contribution < 1.29 is 9.53 Å². The molecule has 5 heteroatoms. The van der Waals surface area contributed by atoms with Crippen LogP contribution >= 0.6 is 0 Å². The van der Waals surface area contributed by atoms with Gasteiger partial charge in [-0.05, 0) is 18.9 Å². The van der Waals surface area contributed by atoms with Gasteiger partial charge in [0.15, 0.2) is 0 Å². The average Bonchev–Trinajstić information content (AvgIpc) is 2.83. The monoisotopic (exact) mass is 261 g/mol. The number of piperidine rings is 1. The van der Waals surface area contributed by atoms with E-state index in [1.165, 1.54) is 5.56 Å². The largest absolute Gasteiger partial charge is 0.491 e. The minimum absolute atomic E-state index is 0.265. The Morgan fingerprint density at radius 2 is 2.05 bits per heavy atom. The number of carbonyl (C=O) groups excluding carboxylic acids is 1. The molecule has 1 atom stereocenters. The number of rotatable bonds is 2. The number of urea groups is 1. The van der Waals surface area contributed by atoms with Crippen molar-refractivity contribution in [3.05, 3.63) is 29.8 Å². The molecule has 1 fully saturated rings. The first-order valence-electron chi connectivity index (χ1n) is 6.76. The number of nitrogens with zero attached hydrogens (tertiary/aromatic N) is 1. The Balaban J connectivity index is 1.58. The van der Waals surface area contributed by atoms with Crippen molar-refractivity contribution in [2.75, 3.05) is 19.7 Å². The van der Waals surface area contributed by atoms with Crippen molar-refractivity contribution >= 4 is 6.03 Å². The number of primary amides is 1. The molecule has 0 bridgehead atoms. The zero-order valence-electron chi connectivity index (χ0n) is 10.8. The molecule has 1 aromatic carbocycles. The van der Waals surface area contributed by atoms with E-state index in [1.54, 1.807) is 4.90 Å². The number of benzene rings is 1. The van der Waals surface area contributed by atoms with E-state index in [2.05, 4.69) is 11.4 Å². The zero-order chi connectivity index (χ0) is 13.2. The Kier molecular flexibility index (Phi) is 3.29. The maximum Gasteiger partial charge on any atom is 0.314 e. The van der Waals surface area contributed by atoms with Crippen molar-refractivity contribution in [3.8, 4) is 5.75 Å². The number of likely N-dealkylation sites (tertiary alicyclic amines) is 1. The molecule has 0 aliphatic carbocycles. The van der Waals surface area contributed by atoms with Crippen molar-refractivity contribution in [1.82, 2.24) is 10.2 Å². The second-order valence-electron chi connectivity index (χ2n) is 5.17. The van der Waals surface area contributed by atoms with Crippen LogP contribution in [0.1, 0.15) is 24.4 Å². The summed E-state index contributed by atoms with van der Waals surface area (Å²) in [5.41, 5.74) is 6.52. The van der Waals surface area contributed by atoms with Crippen LogP contribution in [0, 0.1) is 0 Å². The molecule has 5 nitrogen and oxygen atoms in total. The van der Waals surface area contributed by atoms with Crippen molar-refractivity contribution in [2.45, 2.75) is 24.9 Å². The van der Waals surface area contributed by atoms with E-state index >= 15 is 0 Å². The molecule has 1 aromatic rings. The number of carbonyl (C=O) groups is 1. The van der Waals surface area contributed by atoms with Gasteiger partial charge in [-0.3, -0.25) is 0 Å². The number of nitrogens with two attached hydrogens (primary N) is 1. The normalized spacial score (nSPS) is 22.9. The quantitative estimate of drug-likeness (QED) is 0.842. The van der Waals surface area contributed by atoms with Crippen LogP contribution in [0.3, 0.4) is 0 Å². The third-order valence-electron chi connectivity index (χ3n) is 3.94. The van der Waals surface area contributed by atoms with E-state index in [9.17, 15) is 4.79 Å². The highest BCUT2D eigenvalue weighted by Gasteiger charge is 2.28. The Morgan fingerprint density at radius 1 is 1.32 bits per heavy atom. The highest BCUT2D eigenvalue weighted by molar-refractivity contribution is 5.72. The molecule has 0 radical (unpaired) electrons. The molecular weight excluding hydrogens is 242 g/mol. The number of hydrogen-bond acceptors (Lipinski definition) is 3. The molecule has 3 N–H and O–H groups in total. The summed E-state index contributed by atoms with van der Waals surface area (Å²) >= 11 is 0. The number of para-hydroxylation sites is 1. The van der Waals surface area contributed by atoms with Gasteiger partial charge in [-0.2, -0.15) is 0 Å². The number of ether oxygens (including phenoxy) is 1. The second kappa shape index (κ2) is 5.09. The molecule has 102 valence electrons. The molecule has 2 heterocycles. The van der Waals surface area contributed by atoms with Crippen molar-refractivity contribution in [2.24, 2.45) is 5.73 Å². The van der Waals surface area contributed by atoms with Gasteiger partial charge in [0.25, 0.3) is 0 Å². The summed E-state index contributed by atoms with van der Waals surface area (Å²) in [4.78, 5) is 12.8. The van der Waals surface area contributed by atoms with Gasteiger partial charge in [-0.15, -0.1) is 0 Å². The zero-order valence-corrected chi connectivity index (χ0v) is 10.8. The number of amides is 2. The van der Waals surface area contributed by atoms with E-state index in [1.807, 2.05) is 18.2 Å². The second-order valence-corrected chi connectivity index (χ2v) is 5.17. The van der Waals surface area contributed by atoms with Gasteiger partial charge < -0.3 is 20.7 Å². The van der Waals surface area contributed by atoms with Crippen molar-refractivity contribution in [1.29, 1.82) is 0 Å². The minimum atomic E-state index is -0.312. The van der Waals surface area contributed by atoms with E-state index in [0.717, 1.165) is 31.7 Å². The molecule has 1 unspecified atom stereocenters. The first kappa shape index (κ1) is 12.3. The van der Waals surface area contributed by atoms with E-state index < -0.39 is 0 Å². The Labute approximate surface area is 112 Å². The highest BCUT2D eigenvalue weighted by Crippen LogP contribution is 2.32. The standard InChI is InChI=1S/C14H19N3O2/c15-14(18)17-7-5-10(6-8-17)16-12-9-19-13-4-2-1-3-11(12)13/h1-4,10,12,16H,5-9H2,(H2,15,18). The summed E-state index contributed by atoms with van der Waals surface area (Å²) < 4.78 is 5.66. The van der Waals surface area contributed by atoms with E-state index in [-0.39, 0.29) is 12.1 Å². The molecule has 0 saturated carbocycles. The van der Waals surface area contributed by atoms with Crippen LogP contribution in [-0.2, 0) is 0 Å². The lowest BCUT2D eigenvalue weighted by Gasteiger charge is -2.32. The smallest absolute Gasteiger partial charge is 0.314 e. The van der Waals surface area contributed by atoms with E-state index in [4.69, 9.17) is 10.5 Å². The molecule has 0 spiro atoms. The van der Waals surface area contributed by atoms with Gasteiger partial charge in [-0.1, -0.05) is 18.2 Å². The molecule has 0 aromatic heterocycles. The summed E-state index contributed by atoms with van der Waals surface area (Å²) in [7, 11) is 0. The van der Waals surface area contributed by atoms with Crippen molar-refractivity contribution in [3.63, 3.8) is 0 Å².